The van der Waals surface area contributed by atoms with Crippen LogP contribution >= 0.6 is 43.2 Å². The molecule has 1 aliphatic heterocycles. The van der Waals surface area contributed by atoms with Gasteiger partial charge in [0.15, 0.2) is 4.80 Å². The highest BCUT2D eigenvalue weighted by molar-refractivity contribution is 9.11. The number of carbonyl (C=O) groups excluding carboxylic acids is 1. The van der Waals surface area contributed by atoms with Gasteiger partial charge in [-0.05, 0) is 83.4 Å². The number of allylic oxidation sites excluding steroid dienone is 1. The summed E-state index contributed by atoms with van der Waals surface area (Å²) in [6.45, 7) is 3.99. The van der Waals surface area contributed by atoms with E-state index in [4.69, 9.17) is 23.9 Å². The first-order valence-corrected chi connectivity index (χ1v) is 17.3. The molecule has 0 spiro atoms. The molecular weight excluding hydrogens is 770 g/mol. The van der Waals surface area contributed by atoms with Crippen LogP contribution in [0.5, 0.6) is 17.2 Å². The molecule has 2 heterocycles. The second-order valence-corrected chi connectivity index (χ2v) is 13.3. The standard InChI is InChI=1S/C34H31Br2N3O8S/c1-5-7-26-29(33(41)46-6-2)30(24-17-23(44-3)12-13-27(24)45-4)38-32(40)28(48-34(38)37-26)15-20-14-21(35)16-25(36)31(20)47-18-19-8-10-22(11-9-19)39(42)43/h8-17,30H,5-7,18H2,1-4H3/b28-15-/t30-/m1/s1. The molecule has 0 aliphatic carbocycles. The fourth-order valence-corrected chi connectivity index (χ4v) is 7.70. The van der Waals surface area contributed by atoms with E-state index in [0.29, 0.717) is 60.7 Å². The summed E-state index contributed by atoms with van der Waals surface area (Å²) in [5.41, 5.74) is 2.28. The van der Waals surface area contributed by atoms with Crippen LogP contribution in [-0.2, 0) is 16.1 Å². The van der Waals surface area contributed by atoms with Gasteiger partial charge in [-0.2, -0.15) is 0 Å². The van der Waals surface area contributed by atoms with E-state index in [1.165, 1.54) is 35.1 Å². The minimum Gasteiger partial charge on any atom is -0.497 e. The number of carbonyl (C=O) groups is 1. The molecule has 250 valence electrons. The number of benzene rings is 3. The number of methoxy groups -OCH3 is 2. The van der Waals surface area contributed by atoms with Gasteiger partial charge in [0.2, 0.25) is 0 Å². The highest BCUT2D eigenvalue weighted by Gasteiger charge is 2.36. The lowest BCUT2D eigenvalue weighted by atomic mass is 9.93. The third kappa shape index (κ3) is 7.25. The number of hydrogen-bond acceptors (Lipinski definition) is 10. The second kappa shape index (κ2) is 15.3. The molecule has 0 N–H and O–H groups in total. The molecule has 0 bridgehead atoms. The van der Waals surface area contributed by atoms with E-state index in [2.05, 4.69) is 31.9 Å². The molecule has 4 aromatic rings. The molecule has 0 amide bonds. The molecule has 5 rings (SSSR count). The summed E-state index contributed by atoms with van der Waals surface area (Å²) in [7, 11) is 3.07. The molecule has 0 radical (unpaired) electrons. The number of halogens is 2. The number of nitro benzene ring substituents is 1. The van der Waals surface area contributed by atoms with Gasteiger partial charge in [-0.3, -0.25) is 19.5 Å². The Hall–Kier alpha value is -4.27. The summed E-state index contributed by atoms with van der Waals surface area (Å²) in [6, 6.07) is 14.1. The largest absolute Gasteiger partial charge is 0.497 e. The van der Waals surface area contributed by atoms with Crippen molar-refractivity contribution in [3.8, 4) is 17.2 Å². The Labute approximate surface area is 296 Å². The number of rotatable bonds is 12. The van der Waals surface area contributed by atoms with Crippen LogP contribution < -0.4 is 29.1 Å². The van der Waals surface area contributed by atoms with Crippen LogP contribution in [0.25, 0.3) is 6.08 Å². The fraction of sp³-hybridized carbons (Fsp3) is 0.265. The normalized spacial score (nSPS) is 14.3. The number of aromatic nitrogens is 1. The predicted octanol–water partition coefficient (Wildman–Crippen LogP) is 6.61. The Kier molecular flexibility index (Phi) is 11.2. The molecule has 3 aromatic carbocycles. The molecule has 14 heteroatoms. The first-order chi connectivity index (χ1) is 23.1. The zero-order chi connectivity index (χ0) is 34.5. The van der Waals surface area contributed by atoms with Crippen LogP contribution in [0.3, 0.4) is 0 Å². The lowest BCUT2D eigenvalue weighted by Crippen LogP contribution is -2.40. The summed E-state index contributed by atoms with van der Waals surface area (Å²) in [5.74, 6) is 0.894. The van der Waals surface area contributed by atoms with Crippen molar-refractivity contribution in [1.29, 1.82) is 0 Å². The van der Waals surface area contributed by atoms with Crippen molar-refractivity contribution >= 4 is 60.9 Å². The van der Waals surface area contributed by atoms with Crippen molar-refractivity contribution in [2.24, 2.45) is 4.99 Å². The van der Waals surface area contributed by atoms with E-state index in [1.807, 2.05) is 19.1 Å². The maximum atomic E-state index is 14.4. The van der Waals surface area contributed by atoms with Gasteiger partial charge in [0, 0.05) is 27.7 Å². The van der Waals surface area contributed by atoms with Crippen LogP contribution in [0.4, 0.5) is 5.69 Å². The molecule has 0 unspecified atom stereocenters. The number of thiazole rings is 1. The van der Waals surface area contributed by atoms with Gasteiger partial charge in [0.1, 0.15) is 29.9 Å². The molecule has 1 atom stereocenters. The number of fused-ring (bicyclic) bond motifs is 1. The van der Waals surface area contributed by atoms with Crippen molar-refractivity contribution < 1.29 is 28.7 Å². The molecule has 0 saturated heterocycles. The van der Waals surface area contributed by atoms with Gasteiger partial charge in [-0.25, -0.2) is 9.79 Å². The number of hydrogen-bond donors (Lipinski definition) is 0. The van der Waals surface area contributed by atoms with Crippen LogP contribution in [0, 0.1) is 10.1 Å². The van der Waals surface area contributed by atoms with Crippen LogP contribution in [0.1, 0.15) is 49.4 Å². The number of esters is 1. The molecule has 1 aliphatic rings. The van der Waals surface area contributed by atoms with Gasteiger partial charge in [-0.1, -0.05) is 40.6 Å². The van der Waals surface area contributed by atoms with E-state index in [-0.39, 0.29) is 30.0 Å². The van der Waals surface area contributed by atoms with Gasteiger partial charge in [-0.15, -0.1) is 0 Å². The van der Waals surface area contributed by atoms with E-state index in [0.717, 1.165) is 10.0 Å². The van der Waals surface area contributed by atoms with Crippen LogP contribution in [0.2, 0.25) is 0 Å². The topological polar surface area (TPSA) is 131 Å². The van der Waals surface area contributed by atoms with Gasteiger partial charge in [0.25, 0.3) is 11.2 Å². The maximum Gasteiger partial charge on any atom is 0.338 e. The number of non-ortho nitro benzene ring substituents is 1. The van der Waals surface area contributed by atoms with E-state index in [9.17, 15) is 19.7 Å². The molecule has 1 aromatic heterocycles. The highest BCUT2D eigenvalue weighted by Crippen LogP contribution is 2.39. The van der Waals surface area contributed by atoms with Crippen LogP contribution in [-0.4, -0.2) is 36.3 Å². The Morgan fingerprint density at radius 1 is 1.08 bits per heavy atom. The quantitative estimate of drug-likeness (QED) is 0.0890. The summed E-state index contributed by atoms with van der Waals surface area (Å²) in [6.07, 6.45) is 2.92. The Morgan fingerprint density at radius 3 is 2.48 bits per heavy atom. The zero-order valence-corrected chi connectivity index (χ0v) is 30.4. The van der Waals surface area contributed by atoms with Crippen molar-refractivity contribution in [1.82, 2.24) is 4.57 Å². The van der Waals surface area contributed by atoms with Crippen molar-refractivity contribution in [2.45, 2.75) is 39.3 Å². The fourth-order valence-electron chi connectivity index (χ4n) is 5.32. The second-order valence-electron chi connectivity index (χ2n) is 10.5. The average molecular weight is 802 g/mol. The number of nitrogens with zero attached hydrogens (tertiary/aromatic N) is 3. The van der Waals surface area contributed by atoms with Crippen LogP contribution in [0.15, 0.2) is 84.6 Å². The molecule has 48 heavy (non-hydrogen) atoms. The monoisotopic (exact) mass is 799 g/mol. The first kappa shape index (κ1) is 35.0. The summed E-state index contributed by atoms with van der Waals surface area (Å²) < 4.78 is 26.2. The molecule has 0 fully saturated rings. The lowest BCUT2D eigenvalue weighted by Gasteiger charge is -2.27. The first-order valence-electron chi connectivity index (χ1n) is 14.9. The van der Waals surface area contributed by atoms with E-state index < -0.39 is 16.9 Å². The van der Waals surface area contributed by atoms with Crippen molar-refractivity contribution in [3.05, 3.63) is 121 Å². The summed E-state index contributed by atoms with van der Waals surface area (Å²) >= 11 is 8.31. The van der Waals surface area contributed by atoms with E-state index in [1.54, 1.807) is 50.4 Å². The van der Waals surface area contributed by atoms with Crippen molar-refractivity contribution in [3.63, 3.8) is 0 Å². The smallest absolute Gasteiger partial charge is 0.338 e. The summed E-state index contributed by atoms with van der Waals surface area (Å²) in [4.78, 5) is 43.9. The molecule has 0 saturated carbocycles. The minimum atomic E-state index is -0.902. The van der Waals surface area contributed by atoms with Gasteiger partial charge in [0.05, 0.1) is 46.0 Å². The molecule has 11 nitrogen and oxygen atoms in total. The third-order valence-electron chi connectivity index (χ3n) is 7.48. The SMILES string of the molecule is CCCC1=C(C(=O)OCC)[C@@H](c2cc(OC)ccc2OC)n2c(s/c(=C\c3cc(Br)cc(Br)c3OCc3ccc([N+](=O)[O-])cc3)c2=O)=N1. The maximum absolute atomic E-state index is 14.4. The third-order valence-corrected chi connectivity index (χ3v) is 9.51. The minimum absolute atomic E-state index is 0.0160. The predicted molar refractivity (Wildman–Crippen MR) is 188 cm³/mol. The Bertz CT molecular complexity index is 2090. The Balaban J connectivity index is 1.69. The van der Waals surface area contributed by atoms with E-state index >= 15 is 0 Å². The van der Waals surface area contributed by atoms with Crippen molar-refractivity contribution in [2.75, 3.05) is 20.8 Å². The lowest BCUT2D eigenvalue weighted by molar-refractivity contribution is -0.384. The zero-order valence-electron chi connectivity index (χ0n) is 26.5. The summed E-state index contributed by atoms with van der Waals surface area (Å²) in [5, 5.41) is 11.1. The average Bonchev–Trinajstić information content (AvgIpc) is 3.37. The number of nitro groups is 1. The van der Waals surface area contributed by atoms with Gasteiger partial charge < -0.3 is 18.9 Å². The van der Waals surface area contributed by atoms with Gasteiger partial charge >= 0.3 is 5.97 Å². The molecular formula is C34H31Br2N3O8S. The Morgan fingerprint density at radius 2 is 1.83 bits per heavy atom. The highest BCUT2D eigenvalue weighted by atomic mass is 79.9. The number of ether oxygens (including phenoxy) is 4.